The zero-order valence-electron chi connectivity index (χ0n) is 7.87. The van der Waals surface area contributed by atoms with Gasteiger partial charge in [0.2, 0.25) is 0 Å². The fourth-order valence-corrected chi connectivity index (χ4v) is 1.76. The number of ether oxygens (including phenoxy) is 1. The van der Waals surface area contributed by atoms with E-state index in [-0.39, 0.29) is 5.78 Å². The molecule has 0 unspecified atom stereocenters. The zero-order valence-corrected chi connectivity index (χ0v) is 8.69. The summed E-state index contributed by atoms with van der Waals surface area (Å²) in [5.41, 5.74) is 0.986. The Kier molecular flexibility index (Phi) is 4.05. The quantitative estimate of drug-likeness (QED) is 0.723. The summed E-state index contributed by atoms with van der Waals surface area (Å²) in [6.07, 6.45) is 0.928. The Morgan fingerprint density at radius 2 is 2.46 bits per heavy atom. The topological polar surface area (TPSA) is 39.2 Å². The number of aromatic nitrogens is 1. The van der Waals surface area contributed by atoms with Crippen molar-refractivity contribution in [2.24, 2.45) is 0 Å². The SMILES string of the molecule is COCCC(=O)Cc1nc(C)cs1. The van der Waals surface area contributed by atoms with Crippen LogP contribution in [0.2, 0.25) is 0 Å². The van der Waals surface area contributed by atoms with Crippen LogP contribution in [0.25, 0.3) is 0 Å². The molecule has 1 rings (SSSR count). The van der Waals surface area contributed by atoms with Crippen molar-refractivity contribution in [1.29, 1.82) is 0 Å². The summed E-state index contributed by atoms with van der Waals surface area (Å²) in [6.45, 7) is 2.43. The first-order valence-electron chi connectivity index (χ1n) is 4.14. The van der Waals surface area contributed by atoms with E-state index in [2.05, 4.69) is 4.98 Å². The predicted octanol–water partition coefficient (Wildman–Crippen LogP) is 1.60. The first kappa shape index (κ1) is 10.3. The van der Waals surface area contributed by atoms with Crippen molar-refractivity contribution in [3.8, 4) is 0 Å². The minimum atomic E-state index is 0.191. The third kappa shape index (κ3) is 3.65. The second-order valence-electron chi connectivity index (χ2n) is 2.84. The largest absolute Gasteiger partial charge is 0.384 e. The van der Waals surface area contributed by atoms with Gasteiger partial charge in [-0.2, -0.15) is 0 Å². The number of Topliss-reactive ketones (excluding diaryl/α,β-unsaturated/α-hetero) is 1. The minimum absolute atomic E-state index is 0.191. The fraction of sp³-hybridized carbons (Fsp3) is 0.556. The van der Waals surface area contributed by atoms with Gasteiger partial charge in [-0.1, -0.05) is 0 Å². The highest BCUT2D eigenvalue weighted by molar-refractivity contribution is 7.09. The maximum atomic E-state index is 11.3. The van der Waals surface area contributed by atoms with Gasteiger partial charge in [0, 0.05) is 24.6 Å². The summed E-state index contributed by atoms with van der Waals surface area (Å²) in [6, 6.07) is 0. The van der Waals surface area contributed by atoms with Gasteiger partial charge < -0.3 is 4.74 Å². The molecule has 0 spiro atoms. The molecule has 0 aliphatic rings. The average Bonchev–Trinajstić information content (AvgIpc) is 2.48. The first-order valence-corrected chi connectivity index (χ1v) is 5.02. The third-order valence-corrected chi connectivity index (χ3v) is 2.57. The van der Waals surface area contributed by atoms with E-state index in [9.17, 15) is 4.79 Å². The highest BCUT2D eigenvalue weighted by Crippen LogP contribution is 2.10. The highest BCUT2D eigenvalue weighted by Gasteiger charge is 2.05. The van der Waals surface area contributed by atoms with Crippen molar-refractivity contribution in [1.82, 2.24) is 4.98 Å². The molecular weight excluding hydrogens is 186 g/mol. The molecule has 0 saturated heterocycles. The number of aryl methyl sites for hydroxylation is 1. The van der Waals surface area contributed by atoms with E-state index in [1.807, 2.05) is 12.3 Å². The Bertz CT molecular complexity index is 283. The number of carbonyl (C=O) groups excluding carboxylic acids is 1. The Hall–Kier alpha value is -0.740. The summed E-state index contributed by atoms with van der Waals surface area (Å²) in [5, 5.41) is 2.86. The molecule has 1 aromatic heterocycles. The van der Waals surface area contributed by atoms with Crippen LogP contribution in [0, 0.1) is 6.92 Å². The Morgan fingerprint density at radius 3 is 3.00 bits per heavy atom. The maximum absolute atomic E-state index is 11.3. The molecule has 0 atom stereocenters. The molecular formula is C9H13NO2S. The van der Waals surface area contributed by atoms with Crippen LogP contribution >= 0.6 is 11.3 Å². The van der Waals surface area contributed by atoms with Crippen LogP contribution in [-0.2, 0) is 16.0 Å². The van der Waals surface area contributed by atoms with Crippen molar-refractivity contribution in [3.63, 3.8) is 0 Å². The Morgan fingerprint density at radius 1 is 1.69 bits per heavy atom. The lowest BCUT2D eigenvalue weighted by molar-refractivity contribution is -0.119. The van der Waals surface area contributed by atoms with Crippen LogP contribution in [0.5, 0.6) is 0 Å². The van der Waals surface area contributed by atoms with E-state index in [1.54, 1.807) is 7.11 Å². The lowest BCUT2D eigenvalue weighted by Crippen LogP contribution is -2.05. The standard InChI is InChI=1S/C9H13NO2S/c1-7-6-13-9(10-7)5-8(11)3-4-12-2/h6H,3-5H2,1-2H3. The van der Waals surface area contributed by atoms with Gasteiger partial charge in [-0.15, -0.1) is 11.3 Å². The smallest absolute Gasteiger partial charge is 0.141 e. The molecule has 0 aliphatic carbocycles. The van der Waals surface area contributed by atoms with Gasteiger partial charge in [-0.25, -0.2) is 4.98 Å². The molecule has 13 heavy (non-hydrogen) atoms. The molecule has 0 saturated carbocycles. The number of hydrogen-bond acceptors (Lipinski definition) is 4. The molecule has 0 fully saturated rings. The highest BCUT2D eigenvalue weighted by atomic mass is 32.1. The van der Waals surface area contributed by atoms with Gasteiger partial charge in [-0.3, -0.25) is 4.79 Å². The summed E-state index contributed by atoms with van der Waals surface area (Å²) in [5.74, 6) is 0.191. The van der Waals surface area contributed by atoms with Gasteiger partial charge >= 0.3 is 0 Å². The molecule has 0 radical (unpaired) electrons. The minimum Gasteiger partial charge on any atom is -0.384 e. The van der Waals surface area contributed by atoms with Crippen molar-refractivity contribution < 1.29 is 9.53 Å². The van der Waals surface area contributed by atoms with E-state index in [0.717, 1.165) is 10.7 Å². The molecule has 0 amide bonds. The molecule has 0 aliphatic heterocycles. The molecule has 0 N–H and O–H groups in total. The normalized spacial score (nSPS) is 10.3. The van der Waals surface area contributed by atoms with Gasteiger partial charge in [-0.05, 0) is 6.92 Å². The van der Waals surface area contributed by atoms with E-state index in [1.165, 1.54) is 11.3 Å². The van der Waals surface area contributed by atoms with Crippen molar-refractivity contribution in [2.45, 2.75) is 19.8 Å². The number of hydrogen-bond donors (Lipinski definition) is 0. The van der Waals surface area contributed by atoms with Crippen LogP contribution in [0.3, 0.4) is 0 Å². The fourth-order valence-electron chi connectivity index (χ4n) is 0.957. The van der Waals surface area contributed by atoms with Gasteiger partial charge in [0.1, 0.15) is 10.8 Å². The monoisotopic (exact) mass is 199 g/mol. The van der Waals surface area contributed by atoms with Crippen LogP contribution in [0.1, 0.15) is 17.1 Å². The molecule has 3 nitrogen and oxygen atoms in total. The van der Waals surface area contributed by atoms with Gasteiger partial charge in [0.15, 0.2) is 0 Å². The van der Waals surface area contributed by atoms with E-state index in [0.29, 0.717) is 19.4 Å². The maximum Gasteiger partial charge on any atom is 0.141 e. The number of carbonyl (C=O) groups is 1. The first-order chi connectivity index (χ1) is 6.22. The number of nitrogens with zero attached hydrogens (tertiary/aromatic N) is 1. The third-order valence-electron chi connectivity index (χ3n) is 1.60. The predicted molar refractivity (Wildman–Crippen MR) is 52.1 cm³/mol. The number of methoxy groups -OCH3 is 1. The van der Waals surface area contributed by atoms with Gasteiger partial charge in [0.25, 0.3) is 0 Å². The van der Waals surface area contributed by atoms with Crippen LogP contribution < -0.4 is 0 Å². The lowest BCUT2D eigenvalue weighted by Gasteiger charge is -1.96. The summed E-state index contributed by atoms with van der Waals surface area (Å²) in [7, 11) is 1.60. The Labute approximate surface area is 81.8 Å². The van der Waals surface area contributed by atoms with Gasteiger partial charge in [0.05, 0.1) is 13.0 Å². The lowest BCUT2D eigenvalue weighted by atomic mass is 10.2. The number of ketones is 1. The zero-order chi connectivity index (χ0) is 9.68. The van der Waals surface area contributed by atoms with Crippen molar-refractivity contribution in [3.05, 3.63) is 16.1 Å². The van der Waals surface area contributed by atoms with Crippen LogP contribution in [0.4, 0.5) is 0 Å². The van der Waals surface area contributed by atoms with Crippen LogP contribution in [0.15, 0.2) is 5.38 Å². The van der Waals surface area contributed by atoms with E-state index in [4.69, 9.17) is 4.74 Å². The summed E-state index contributed by atoms with van der Waals surface area (Å²) in [4.78, 5) is 15.5. The number of thiazole rings is 1. The average molecular weight is 199 g/mol. The summed E-state index contributed by atoms with van der Waals surface area (Å²) < 4.78 is 4.82. The van der Waals surface area contributed by atoms with E-state index < -0.39 is 0 Å². The number of rotatable bonds is 5. The molecule has 0 aromatic carbocycles. The van der Waals surface area contributed by atoms with Crippen molar-refractivity contribution in [2.75, 3.05) is 13.7 Å². The van der Waals surface area contributed by atoms with E-state index >= 15 is 0 Å². The molecule has 4 heteroatoms. The second kappa shape index (κ2) is 5.09. The Balaban J connectivity index is 2.36. The molecule has 72 valence electrons. The van der Waals surface area contributed by atoms with Crippen molar-refractivity contribution >= 4 is 17.1 Å². The molecule has 0 bridgehead atoms. The molecule has 1 heterocycles. The summed E-state index contributed by atoms with van der Waals surface area (Å²) >= 11 is 1.54. The van der Waals surface area contributed by atoms with Crippen LogP contribution in [-0.4, -0.2) is 24.5 Å². The molecule has 1 aromatic rings. The second-order valence-corrected chi connectivity index (χ2v) is 3.78.